The zero-order valence-electron chi connectivity index (χ0n) is 13.7. The Morgan fingerprint density at radius 2 is 2.04 bits per heavy atom. The molecule has 0 aliphatic heterocycles. The highest BCUT2D eigenvalue weighted by molar-refractivity contribution is 6.05. The second-order valence-electron chi connectivity index (χ2n) is 5.35. The number of aromatic nitrogens is 1. The van der Waals surface area contributed by atoms with E-state index in [0.717, 1.165) is 18.8 Å². The lowest BCUT2D eigenvalue weighted by molar-refractivity contribution is 0.102. The lowest BCUT2D eigenvalue weighted by Crippen LogP contribution is -2.21. The van der Waals surface area contributed by atoms with Crippen molar-refractivity contribution >= 4 is 17.3 Å². The fourth-order valence-electron chi connectivity index (χ4n) is 2.03. The van der Waals surface area contributed by atoms with Gasteiger partial charge in [-0.3, -0.25) is 9.78 Å². The van der Waals surface area contributed by atoms with Gasteiger partial charge in [0.15, 0.2) is 0 Å². The highest BCUT2D eigenvalue weighted by atomic mass is 16.5. The van der Waals surface area contributed by atoms with E-state index in [1.165, 1.54) is 0 Å². The van der Waals surface area contributed by atoms with Crippen molar-refractivity contribution in [1.82, 2.24) is 9.88 Å². The van der Waals surface area contributed by atoms with Gasteiger partial charge in [-0.15, -0.1) is 0 Å². The molecule has 1 aromatic carbocycles. The van der Waals surface area contributed by atoms with Gasteiger partial charge in [0.05, 0.1) is 24.0 Å². The largest absolute Gasteiger partial charge is 0.495 e. The van der Waals surface area contributed by atoms with Crippen molar-refractivity contribution in [2.45, 2.75) is 0 Å². The van der Waals surface area contributed by atoms with Gasteiger partial charge >= 0.3 is 0 Å². The number of pyridine rings is 1. The van der Waals surface area contributed by atoms with Crippen molar-refractivity contribution in [3.05, 3.63) is 48.3 Å². The number of nitrogens with zero attached hydrogens (tertiary/aromatic N) is 2. The van der Waals surface area contributed by atoms with Crippen LogP contribution in [0.1, 0.15) is 10.4 Å². The maximum absolute atomic E-state index is 12.4. The van der Waals surface area contributed by atoms with Gasteiger partial charge in [0.1, 0.15) is 5.75 Å². The minimum absolute atomic E-state index is 0.224. The number of hydrogen-bond donors (Lipinski definition) is 2. The molecule has 1 heterocycles. The Hall–Kier alpha value is -2.60. The molecule has 0 aliphatic carbocycles. The third-order valence-corrected chi connectivity index (χ3v) is 3.24. The Balaban J connectivity index is 2.04. The van der Waals surface area contributed by atoms with Crippen LogP contribution in [0.2, 0.25) is 0 Å². The molecule has 0 saturated carbocycles. The van der Waals surface area contributed by atoms with Crippen LogP contribution in [0.25, 0.3) is 0 Å². The van der Waals surface area contributed by atoms with Crippen LogP contribution in [0, 0.1) is 0 Å². The van der Waals surface area contributed by atoms with E-state index in [2.05, 4.69) is 20.5 Å². The summed E-state index contributed by atoms with van der Waals surface area (Å²) in [6.45, 7) is 1.68. The Kier molecular flexibility index (Phi) is 5.94. The van der Waals surface area contributed by atoms with Gasteiger partial charge in [-0.1, -0.05) is 12.1 Å². The number of hydrogen-bond acceptors (Lipinski definition) is 5. The first kappa shape index (κ1) is 16.8. The molecule has 1 amide bonds. The molecule has 6 nitrogen and oxygen atoms in total. The van der Waals surface area contributed by atoms with Crippen LogP contribution in [0.3, 0.4) is 0 Å². The number of para-hydroxylation sites is 2. The van der Waals surface area contributed by atoms with Crippen molar-refractivity contribution < 1.29 is 9.53 Å². The highest BCUT2D eigenvalue weighted by Crippen LogP contribution is 2.23. The van der Waals surface area contributed by atoms with E-state index in [-0.39, 0.29) is 5.91 Å². The molecule has 1 aromatic heterocycles. The van der Waals surface area contributed by atoms with Gasteiger partial charge in [-0.05, 0) is 32.3 Å². The zero-order chi connectivity index (χ0) is 16.7. The fraction of sp³-hybridized carbons (Fsp3) is 0.294. The van der Waals surface area contributed by atoms with Crippen LogP contribution in [0.15, 0.2) is 42.7 Å². The molecule has 6 heteroatoms. The quantitative estimate of drug-likeness (QED) is 0.821. The normalized spacial score (nSPS) is 10.4. The third kappa shape index (κ3) is 4.96. The Bertz CT molecular complexity index is 659. The number of methoxy groups -OCH3 is 1. The molecule has 0 radical (unpaired) electrons. The minimum Gasteiger partial charge on any atom is -0.495 e. The molecule has 0 fully saturated rings. The number of benzene rings is 1. The summed E-state index contributed by atoms with van der Waals surface area (Å²) in [6.07, 6.45) is 3.25. The molecule has 2 aromatic rings. The summed E-state index contributed by atoms with van der Waals surface area (Å²) >= 11 is 0. The van der Waals surface area contributed by atoms with Crippen molar-refractivity contribution in [1.29, 1.82) is 0 Å². The third-order valence-electron chi connectivity index (χ3n) is 3.24. The van der Waals surface area contributed by atoms with E-state index < -0.39 is 0 Å². The van der Waals surface area contributed by atoms with Crippen LogP contribution in [0.5, 0.6) is 5.75 Å². The monoisotopic (exact) mass is 314 g/mol. The molecule has 0 aliphatic rings. The molecule has 2 N–H and O–H groups in total. The van der Waals surface area contributed by atoms with E-state index in [1.54, 1.807) is 37.7 Å². The molecular formula is C17H22N4O2. The molecular weight excluding hydrogens is 292 g/mol. The Labute approximate surface area is 136 Å². The number of nitrogens with one attached hydrogen (secondary N) is 2. The number of ether oxygens (including phenoxy) is 1. The maximum atomic E-state index is 12.4. The molecule has 0 unspecified atom stereocenters. The van der Waals surface area contributed by atoms with Gasteiger partial charge in [0.25, 0.3) is 5.91 Å². The van der Waals surface area contributed by atoms with Crippen LogP contribution >= 0.6 is 0 Å². The highest BCUT2D eigenvalue weighted by Gasteiger charge is 2.10. The summed E-state index contributed by atoms with van der Waals surface area (Å²) in [5.41, 5.74) is 1.94. The van der Waals surface area contributed by atoms with Gasteiger partial charge in [0, 0.05) is 25.5 Å². The summed E-state index contributed by atoms with van der Waals surface area (Å²) in [7, 11) is 5.59. The summed E-state index contributed by atoms with van der Waals surface area (Å²) in [4.78, 5) is 18.6. The van der Waals surface area contributed by atoms with Crippen LogP contribution in [-0.4, -0.2) is 50.1 Å². The summed E-state index contributed by atoms with van der Waals surface area (Å²) in [6, 6.07) is 9.07. The van der Waals surface area contributed by atoms with Gasteiger partial charge in [-0.2, -0.15) is 0 Å². The average Bonchev–Trinajstić information content (AvgIpc) is 2.55. The number of rotatable bonds is 7. The number of carbonyl (C=O) groups excluding carboxylic acids is 1. The smallest absolute Gasteiger partial charge is 0.257 e. The van der Waals surface area contributed by atoms with Crippen LogP contribution < -0.4 is 15.4 Å². The lowest BCUT2D eigenvalue weighted by Gasteiger charge is -2.12. The Morgan fingerprint density at radius 1 is 1.26 bits per heavy atom. The fourth-order valence-corrected chi connectivity index (χ4v) is 2.03. The van der Waals surface area contributed by atoms with Gasteiger partial charge in [0.2, 0.25) is 0 Å². The molecule has 122 valence electrons. The average molecular weight is 314 g/mol. The van der Waals surface area contributed by atoms with E-state index in [0.29, 0.717) is 17.0 Å². The Morgan fingerprint density at radius 3 is 2.78 bits per heavy atom. The predicted molar refractivity (Wildman–Crippen MR) is 92.2 cm³/mol. The van der Waals surface area contributed by atoms with Gasteiger partial charge < -0.3 is 20.3 Å². The van der Waals surface area contributed by atoms with E-state index in [9.17, 15) is 4.79 Å². The van der Waals surface area contributed by atoms with Gasteiger partial charge in [-0.25, -0.2) is 0 Å². The SMILES string of the molecule is COc1ccccc1NC(=O)c1cncc(NCCN(C)C)c1. The predicted octanol–water partition coefficient (Wildman–Crippen LogP) is 2.32. The van der Waals surface area contributed by atoms with E-state index in [4.69, 9.17) is 4.74 Å². The van der Waals surface area contributed by atoms with Crippen molar-refractivity contribution in [2.75, 3.05) is 44.9 Å². The van der Waals surface area contributed by atoms with E-state index in [1.807, 2.05) is 26.2 Å². The second-order valence-corrected chi connectivity index (χ2v) is 5.35. The number of carbonyl (C=O) groups is 1. The minimum atomic E-state index is -0.224. The lowest BCUT2D eigenvalue weighted by atomic mass is 10.2. The first-order chi connectivity index (χ1) is 11.1. The standard InChI is InChI=1S/C17H22N4O2/c1-21(2)9-8-19-14-10-13(11-18-12-14)17(22)20-15-6-4-5-7-16(15)23-3/h4-7,10-12,19H,8-9H2,1-3H3,(H,20,22). The van der Waals surface area contributed by atoms with Crippen LogP contribution in [0.4, 0.5) is 11.4 Å². The number of amides is 1. The summed E-state index contributed by atoms with van der Waals surface area (Å²) in [5, 5.41) is 6.09. The topological polar surface area (TPSA) is 66.5 Å². The summed E-state index contributed by atoms with van der Waals surface area (Å²) < 4.78 is 5.23. The zero-order valence-corrected chi connectivity index (χ0v) is 13.7. The molecule has 0 bridgehead atoms. The number of anilines is 2. The van der Waals surface area contributed by atoms with Crippen molar-refractivity contribution in [3.63, 3.8) is 0 Å². The maximum Gasteiger partial charge on any atom is 0.257 e. The molecule has 0 spiro atoms. The first-order valence-electron chi connectivity index (χ1n) is 7.38. The molecule has 23 heavy (non-hydrogen) atoms. The van der Waals surface area contributed by atoms with Crippen LogP contribution in [-0.2, 0) is 0 Å². The molecule has 0 atom stereocenters. The molecule has 0 saturated heterocycles. The molecule has 2 rings (SSSR count). The van der Waals surface area contributed by atoms with E-state index >= 15 is 0 Å². The van der Waals surface area contributed by atoms with Crippen molar-refractivity contribution in [2.24, 2.45) is 0 Å². The first-order valence-corrected chi connectivity index (χ1v) is 7.38. The number of likely N-dealkylation sites (N-methyl/N-ethyl adjacent to an activating group) is 1. The summed E-state index contributed by atoms with van der Waals surface area (Å²) in [5.74, 6) is 0.396. The second kappa shape index (κ2) is 8.14. The van der Waals surface area contributed by atoms with Crippen molar-refractivity contribution in [3.8, 4) is 5.75 Å².